The molecule has 1 fully saturated rings. The predicted molar refractivity (Wildman–Crippen MR) is 91.3 cm³/mol. The summed E-state index contributed by atoms with van der Waals surface area (Å²) in [6, 6.07) is 19.4. The maximum Gasteiger partial charge on any atom is 0.240 e. The van der Waals surface area contributed by atoms with Crippen molar-refractivity contribution in [1.29, 1.82) is 5.26 Å². The first kappa shape index (κ1) is 16.1. The van der Waals surface area contributed by atoms with Crippen molar-refractivity contribution >= 4 is 5.91 Å². The number of nitriles is 1. The first-order valence-corrected chi connectivity index (χ1v) is 8.23. The molecule has 1 amide bonds. The first-order chi connectivity index (χ1) is 11.7. The third-order valence-electron chi connectivity index (χ3n) is 4.46. The van der Waals surface area contributed by atoms with Crippen molar-refractivity contribution in [3.8, 4) is 17.6 Å². The number of carbonyl (C=O) groups is 1. The van der Waals surface area contributed by atoms with Crippen LogP contribution in [0.2, 0.25) is 0 Å². The van der Waals surface area contributed by atoms with Gasteiger partial charge < -0.3 is 10.1 Å². The minimum Gasteiger partial charge on any atom is -0.457 e. The Labute approximate surface area is 142 Å². The topological polar surface area (TPSA) is 62.1 Å². The molecule has 1 N–H and O–H groups in total. The van der Waals surface area contributed by atoms with Crippen LogP contribution in [0.5, 0.6) is 11.5 Å². The van der Waals surface area contributed by atoms with Crippen LogP contribution in [0.1, 0.15) is 31.2 Å². The van der Waals surface area contributed by atoms with E-state index in [9.17, 15) is 10.1 Å². The zero-order valence-corrected chi connectivity index (χ0v) is 13.5. The van der Waals surface area contributed by atoms with Gasteiger partial charge >= 0.3 is 0 Å². The number of amides is 1. The highest BCUT2D eigenvalue weighted by molar-refractivity contribution is 5.85. The zero-order chi connectivity index (χ0) is 16.8. The average molecular weight is 320 g/mol. The molecular weight excluding hydrogens is 300 g/mol. The van der Waals surface area contributed by atoms with E-state index >= 15 is 0 Å². The van der Waals surface area contributed by atoms with Crippen LogP contribution in [-0.4, -0.2) is 5.91 Å². The quantitative estimate of drug-likeness (QED) is 0.899. The third-order valence-corrected chi connectivity index (χ3v) is 4.46. The van der Waals surface area contributed by atoms with Gasteiger partial charge in [0.2, 0.25) is 5.91 Å². The molecule has 0 spiro atoms. The third kappa shape index (κ3) is 3.57. The summed E-state index contributed by atoms with van der Waals surface area (Å²) in [5.74, 6) is 1.39. The summed E-state index contributed by atoms with van der Waals surface area (Å²) < 4.78 is 5.74. The van der Waals surface area contributed by atoms with Gasteiger partial charge in [-0.15, -0.1) is 0 Å². The van der Waals surface area contributed by atoms with Gasteiger partial charge in [-0.2, -0.15) is 5.26 Å². The first-order valence-electron chi connectivity index (χ1n) is 8.23. The number of nitrogens with zero attached hydrogens (tertiary/aromatic N) is 1. The zero-order valence-electron chi connectivity index (χ0n) is 13.5. The summed E-state index contributed by atoms with van der Waals surface area (Å²) >= 11 is 0. The van der Waals surface area contributed by atoms with E-state index in [1.165, 1.54) is 0 Å². The van der Waals surface area contributed by atoms with Crippen molar-refractivity contribution in [3.05, 3.63) is 60.2 Å². The number of carbonyl (C=O) groups excluding carboxylic acids is 1. The molecule has 0 radical (unpaired) electrons. The summed E-state index contributed by atoms with van der Waals surface area (Å²) in [4.78, 5) is 12.3. The van der Waals surface area contributed by atoms with Crippen LogP contribution in [0.3, 0.4) is 0 Å². The van der Waals surface area contributed by atoms with E-state index < -0.39 is 5.41 Å². The van der Waals surface area contributed by atoms with E-state index in [0.29, 0.717) is 19.4 Å². The maximum atomic E-state index is 12.3. The van der Waals surface area contributed by atoms with E-state index in [1.807, 2.05) is 54.6 Å². The van der Waals surface area contributed by atoms with E-state index in [4.69, 9.17) is 4.74 Å². The number of rotatable bonds is 5. The van der Waals surface area contributed by atoms with E-state index in [0.717, 1.165) is 29.9 Å². The Bertz CT molecular complexity index is 726. The molecule has 0 aromatic heterocycles. The van der Waals surface area contributed by atoms with Gasteiger partial charge in [0.05, 0.1) is 6.07 Å². The summed E-state index contributed by atoms with van der Waals surface area (Å²) in [7, 11) is 0. The summed E-state index contributed by atoms with van der Waals surface area (Å²) in [5, 5.41) is 12.2. The molecule has 3 rings (SSSR count). The summed E-state index contributed by atoms with van der Waals surface area (Å²) in [6.07, 6.45) is 3.23. The number of benzene rings is 2. The molecule has 0 heterocycles. The Morgan fingerprint density at radius 1 is 1.04 bits per heavy atom. The van der Waals surface area contributed by atoms with Crippen molar-refractivity contribution in [2.45, 2.75) is 32.2 Å². The molecule has 122 valence electrons. The van der Waals surface area contributed by atoms with E-state index in [2.05, 4.69) is 11.4 Å². The molecule has 1 saturated carbocycles. The number of para-hydroxylation sites is 1. The molecule has 4 nitrogen and oxygen atoms in total. The van der Waals surface area contributed by atoms with Gasteiger partial charge in [0, 0.05) is 6.54 Å². The molecular formula is C20H20N2O2. The predicted octanol–water partition coefficient (Wildman–Crippen LogP) is 4.18. The molecule has 2 aromatic carbocycles. The Morgan fingerprint density at radius 3 is 2.29 bits per heavy atom. The number of nitrogens with one attached hydrogen (secondary N) is 1. The highest BCUT2D eigenvalue weighted by Crippen LogP contribution is 2.37. The van der Waals surface area contributed by atoms with E-state index in [-0.39, 0.29) is 5.91 Å². The standard InChI is InChI=1S/C20H20N2O2/c21-15-20(12-4-5-13-20)19(23)22-14-16-8-10-18(11-9-16)24-17-6-2-1-3-7-17/h1-3,6-11H,4-5,12-14H2,(H,22,23). The Balaban J connectivity index is 1.57. The lowest BCUT2D eigenvalue weighted by atomic mass is 9.87. The van der Waals surface area contributed by atoms with Gasteiger partial charge in [-0.25, -0.2) is 0 Å². The second-order valence-corrected chi connectivity index (χ2v) is 6.14. The normalized spacial score (nSPS) is 15.5. The smallest absolute Gasteiger partial charge is 0.240 e. The SMILES string of the molecule is N#CC1(C(=O)NCc2ccc(Oc3ccccc3)cc2)CCCC1. The number of hydrogen-bond donors (Lipinski definition) is 1. The van der Waals surface area contributed by atoms with Crippen molar-refractivity contribution in [1.82, 2.24) is 5.32 Å². The fraction of sp³-hybridized carbons (Fsp3) is 0.300. The number of hydrogen-bond acceptors (Lipinski definition) is 3. The van der Waals surface area contributed by atoms with Gasteiger partial charge in [-0.05, 0) is 42.7 Å². The van der Waals surface area contributed by atoms with Gasteiger partial charge in [0.25, 0.3) is 0 Å². The highest BCUT2D eigenvalue weighted by atomic mass is 16.5. The van der Waals surface area contributed by atoms with Crippen LogP contribution in [-0.2, 0) is 11.3 Å². The number of ether oxygens (including phenoxy) is 1. The highest BCUT2D eigenvalue weighted by Gasteiger charge is 2.41. The molecule has 0 aliphatic heterocycles. The fourth-order valence-corrected chi connectivity index (χ4v) is 3.02. The van der Waals surface area contributed by atoms with Gasteiger partial charge in [0.1, 0.15) is 16.9 Å². The minimum atomic E-state index is -0.823. The Morgan fingerprint density at radius 2 is 1.67 bits per heavy atom. The lowest BCUT2D eigenvalue weighted by molar-refractivity contribution is -0.128. The average Bonchev–Trinajstić information content (AvgIpc) is 3.12. The molecule has 24 heavy (non-hydrogen) atoms. The van der Waals surface area contributed by atoms with Crippen LogP contribution >= 0.6 is 0 Å². The van der Waals surface area contributed by atoms with Crippen molar-refractivity contribution in [3.63, 3.8) is 0 Å². The second-order valence-electron chi connectivity index (χ2n) is 6.14. The van der Waals surface area contributed by atoms with Crippen molar-refractivity contribution < 1.29 is 9.53 Å². The van der Waals surface area contributed by atoms with Crippen LogP contribution in [0.15, 0.2) is 54.6 Å². The van der Waals surface area contributed by atoms with Gasteiger partial charge in [-0.1, -0.05) is 43.2 Å². The van der Waals surface area contributed by atoms with Gasteiger partial charge in [0.15, 0.2) is 0 Å². The lowest BCUT2D eigenvalue weighted by Gasteiger charge is -2.19. The van der Waals surface area contributed by atoms with Crippen LogP contribution in [0.4, 0.5) is 0 Å². The maximum absolute atomic E-state index is 12.3. The Kier molecular flexibility index (Phi) is 4.81. The molecule has 0 bridgehead atoms. The molecule has 0 unspecified atom stereocenters. The van der Waals surface area contributed by atoms with Crippen LogP contribution < -0.4 is 10.1 Å². The van der Waals surface area contributed by atoms with Crippen LogP contribution in [0, 0.1) is 16.7 Å². The minimum absolute atomic E-state index is 0.146. The van der Waals surface area contributed by atoms with Crippen molar-refractivity contribution in [2.75, 3.05) is 0 Å². The largest absolute Gasteiger partial charge is 0.457 e. The Hall–Kier alpha value is -2.80. The summed E-state index contributed by atoms with van der Waals surface area (Å²) in [6.45, 7) is 0.424. The van der Waals surface area contributed by atoms with Crippen molar-refractivity contribution in [2.24, 2.45) is 5.41 Å². The molecule has 0 atom stereocenters. The van der Waals surface area contributed by atoms with Gasteiger partial charge in [-0.3, -0.25) is 4.79 Å². The molecule has 0 saturated heterocycles. The van der Waals surface area contributed by atoms with E-state index in [1.54, 1.807) is 0 Å². The fourth-order valence-electron chi connectivity index (χ4n) is 3.02. The lowest BCUT2D eigenvalue weighted by Crippen LogP contribution is -2.37. The summed E-state index contributed by atoms with van der Waals surface area (Å²) in [5.41, 5.74) is 0.158. The molecule has 2 aromatic rings. The monoisotopic (exact) mass is 320 g/mol. The molecule has 1 aliphatic carbocycles. The molecule has 4 heteroatoms. The molecule has 1 aliphatic rings. The second kappa shape index (κ2) is 7.18. The van der Waals surface area contributed by atoms with Crippen LogP contribution in [0.25, 0.3) is 0 Å².